The molecule has 0 aliphatic heterocycles. The van der Waals surface area contributed by atoms with Crippen LogP contribution >= 0.6 is 0 Å². The summed E-state index contributed by atoms with van der Waals surface area (Å²) < 4.78 is 0. The smallest absolute Gasteiger partial charge is 0.222 e. The maximum atomic E-state index is 11.3. The predicted molar refractivity (Wildman–Crippen MR) is 59.1 cm³/mol. The van der Waals surface area contributed by atoms with E-state index in [0.717, 1.165) is 19.4 Å². The molecule has 0 aromatic rings. The second kappa shape index (κ2) is 6.23. The molecule has 1 aliphatic rings. The van der Waals surface area contributed by atoms with Crippen molar-refractivity contribution in [3.8, 4) is 0 Å². The first-order chi connectivity index (χ1) is 7.26. The summed E-state index contributed by atoms with van der Waals surface area (Å²) in [6.07, 6.45) is 2.64. The third-order valence-corrected chi connectivity index (χ3v) is 2.03. The van der Waals surface area contributed by atoms with Crippen LogP contribution < -0.4 is 21.9 Å². The van der Waals surface area contributed by atoms with Crippen molar-refractivity contribution in [1.29, 1.82) is 0 Å². The predicted octanol–water partition coefficient (Wildman–Crippen LogP) is -0.916. The standard InChI is InChI=1S/C9H19N5O/c1-2-11-9(14-10)12-6-5-8(15)13-7-3-4-7/h7H,2-6,10H2,1H3,(H,13,15)(H2,11,12,14). The van der Waals surface area contributed by atoms with Crippen molar-refractivity contribution in [1.82, 2.24) is 16.1 Å². The summed E-state index contributed by atoms with van der Waals surface area (Å²) in [6.45, 7) is 3.15. The maximum absolute atomic E-state index is 11.3. The first kappa shape index (κ1) is 11.8. The van der Waals surface area contributed by atoms with Gasteiger partial charge < -0.3 is 10.6 Å². The lowest BCUT2D eigenvalue weighted by Crippen LogP contribution is -2.41. The minimum absolute atomic E-state index is 0.0640. The number of carbonyl (C=O) groups excluding carboxylic acids is 1. The zero-order valence-electron chi connectivity index (χ0n) is 9.05. The third-order valence-electron chi connectivity index (χ3n) is 2.03. The van der Waals surface area contributed by atoms with Crippen LogP contribution in [0.25, 0.3) is 0 Å². The number of nitrogens with two attached hydrogens (primary N) is 1. The van der Waals surface area contributed by atoms with E-state index in [1.165, 1.54) is 0 Å². The van der Waals surface area contributed by atoms with Crippen molar-refractivity contribution in [3.05, 3.63) is 0 Å². The highest BCUT2D eigenvalue weighted by Crippen LogP contribution is 2.18. The van der Waals surface area contributed by atoms with E-state index in [2.05, 4.69) is 21.1 Å². The number of guanidine groups is 1. The quantitative estimate of drug-likeness (QED) is 0.206. The molecule has 5 N–H and O–H groups in total. The molecule has 0 unspecified atom stereocenters. The zero-order chi connectivity index (χ0) is 11.1. The second-order valence-electron chi connectivity index (χ2n) is 3.50. The van der Waals surface area contributed by atoms with E-state index in [0.29, 0.717) is 25.0 Å². The van der Waals surface area contributed by atoms with Gasteiger partial charge in [-0.1, -0.05) is 0 Å². The van der Waals surface area contributed by atoms with Gasteiger partial charge in [-0.25, -0.2) is 5.84 Å². The second-order valence-corrected chi connectivity index (χ2v) is 3.50. The van der Waals surface area contributed by atoms with E-state index in [1.54, 1.807) is 0 Å². The Bertz CT molecular complexity index is 237. The van der Waals surface area contributed by atoms with Crippen molar-refractivity contribution in [2.75, 3.05) is 13.1 Å². The fraction of sp³-hybridized carbons (Fsp3) is 0.778. The molecule has 0 heterocycles. The largest absolute Gasteiger partial charge is 0.356 e. The maximum Gasteiger partial charge on any atom is 0.222 e. The molecule has 0 aromatic carbocycles. The van der Waals surface area contributed by atoms with E-state index in [-0.39, 0.29) is 5.91 Å². The van der Waals surface area contributed by atoms with Gasteiger partial charge in [-0.3, -0.25) is 15.2 Å². The van der Waals surface area contributed by atoms with E-state index < -0.39 is 0 Å². The number of carbonyl (C=O) groups is 1. The normalized spacial score (nSPS) is 16.0. The van der Waals surface area contributed by atoms with Crippen LogP contribution in [0.2, 0.25) is 0 Å². The molecule has 0 atom stereocenters. The summed E-state index contributed by atoms with van der Waals surface area (Å²) in [6, 6.07) is 0.419. The lowest BCUT2D eigenvalue weighted by atomic mass is 10.4. The van der Waals surface area contributed by atoms with Gasteiger partial charge in [-0.05, 0) is 19.8 Å². The summed E-state index contributed by atoms with van der Waals surface area (Å²) >= 11 is 0. The van der Waals surface area contributed by atoms with Crippen LogP contribution in [0, 0.1) is 0 Å². The van der Waals surface area contributed by atoms with Gasteiger partial charge in [0.2, 0.25) is 11.9 Å². The lowest BCUT2D eigenvalue weighted by Gasteiger charge is -2.06. The van der Waals surface area contributed by atoms with Gasteiger partial charge in [0.05, 0.1) is 6.54 Å². The van der Waals surface area contributed by atoms with Gasteiger partial charge in [-0.2, -0.15) is 0 Å². The number of rotatable bonds is 5. The fourth-order valence-corrected chi connectivity index (χ4v) is 1.12. The number of nitrogens with one attached hydrogen (secondary N) is 3. The Kier molecular flexibility index (Phi) is 4.89. The number of amides is 1. The minimum Gasteiger partial charge on any atom is -0.356 e. The molecule has 0 spiro atoms. The van der Waals surface area contributed by atoms with Crippen LogP contribution in [-0.2, 0) is 4.79 Å². The Morgan fingerprint density at radius 1 is 1.53 bits per heavy atom. The van der Waals surface area contributed by atoms with Crippen LogP contribution in [0.3, 0.4) is 0 Å². The highest BCUT2D eigenvalue weighted by atomic mass is 16.1. The van der Waals surface area contributed by atoms with Crippen LogP contribution in [-0.4, -0.2) is 31.0 Å². The van der Waals surface area contributed by atoms with Crippen LogP contribution in [0.15, 0.2) is 4.99 Å². The number of nitrogens with zero attached hydrogens (tertiary/aromatic N) is 1. The monoisotopic (exact) mass is 213 g/mol. The number of hydrazine groups is 1. The van der Waals surface area contributed by atoms with Crippen LogP contribution in [0.4, 0.5) is 0 Å². The third kappa shape index (κ3) is 5.21. The number of hydrogen-bond acceptors (Lipinski definition) is 3. The summed E-state index contributed by atoms with van der Waals surface area (Å²) in [7, 11) is 0. The Morgan fingerprint density at radius 2 is 2.27 bits per heavy atom. The Balaban J connectivity index is 2.13. The summed E-state index contributed by atoms with van der Waals surface area (Å²) in [5.74, 6) is 5.81. The minimum atomic E-state index is 0.0640. The molecule has 86 valence electrons. The molecule has 6 heteroatoms. The summed E-state index contributed by atoms with van der Waals surface area (Å²) in [5.41, 5.74) is 2.44. The molecular weight excluding hydrogens is 194 g/mol. The zero-order valence-corrected chi connectivity index (χ0v) is 9.05. The van der Waals surface area contributed by atoms with Crippen molar-refractivity contribution in [3.63, 3.8) is 0 Å². The summed E-state index contributed by atoms with van der Waals surface area (Å²) in [4.78, 5) is 15.4. The molecule has 1 amide bonds. The van der Waals surface area contributed by atoms with E-state index >= 15 is 0 Å². The molecule has 1 saturated carbocycles. The van der Waals surface area contributed by atoms with Crippen molar-refractivity contribution < 1.29 is 4.79 Å². The van der Waals surface area contributed by atoms with Gasteiger partial charge >= 0.3 is 0 Å². The molecule has 1 aliphatic carbocycles. The van der Waals surface area contributed by atoms with Crippen molar-refractivity contribution >= 4 is 11.9 Å². The molecule has 6 nitrogen and oxygen atoms in total. The molecular formula is C9H19N5O. The highest BCUT2D eigenvalue weighted by molar-refractivity contribution is 5.80. The van der Waals surface area contributed by atoms with Gasteiger partial charge in [-0.15, -0.1) is 0 Å². The topological polar surface area (TPSA) is 91.5 Å². The molecule has 15 heavy (non-hydrogen) atoms. The number of aliphatic imine (C=N–C) groups is 1. The Labute approximate surface area is 89.7 Å². The van der Waals surface area contributed by atoms with Gasteiger partial charge in [0.1, 0.15) is 0 Å². The van der Waals surface area contributed by atoms with E-state index in [4.69, 9.17) is 5.84 Å². The molecule has 1 fully saturated rings. The van der Waals surface area contributed by atoms with E-state index in [9.17, 15) is 4.79 Å². The fourth-order valence-electron chi connectivity index (χ4n) is 1.12. The van der Waals surface area contributed by atoms with Crippen LogP contribution in [0.1, 0.15) is 26.2 Å². The molecule has 0 saturated heterocycles. The molecule has 0 bridgehead atoms. The van der Waals surface area contributed by atoms with Crippen molar-refractivity contribution in [2.45, 2.75) is 32.2 Å². The first-order valence-electron chi connectivity index (χ1n) is 5.30. The molecule has 0 radical (unpaired) electrons. The number of hydrogen-bond donors (Lipinski definition) is 4. The van der Waals surface area contributed by atoms with Gasteiger partial charge in [0.25, 0.3) is 0 Å². The lowest BCUT2D eigenvalue weighted by molar-refractivity contribution is -0.121. The van der Waals surface area contributed by atoms with Gasteiger partial charge in [0.15, 0.2) is 0 Å². The Morgan fingerprint density at radius 3 is 2.80 bits per heavy atom. The van der Waals surface area contributed by atoms with E-state index in [1.807, 2.05) is 6.92 Å². The Hall–Kier alpha value is -1.30. The average molecular weight is 213 g/mol. The average Bonchev–Trinajstić information content (AvgIpc) is 3.00. The highest BCUT2D eigenvalue weighted by Gasteiger charge is 2.22. The summed E-state index contributed by atoms with van der Waals surface area (Å²) in [5, 5.41) is 5.84. The van der Waals surface area contributed by atoms with Crippen LogP contribution in [0.5, 0.6) is 0 Å². The molecule has 1 rings (SSSR count). The van der Waals surface area contributed by atoms with Gasteiger partial charge in [0, 0.05) is 19.0 Å². The SMILES string of the molecule is CCNC(=NCCC(=O)NC1CC1)NN. The first-order valence-corrected chi connectivity index (χ1v) is 5.30. The molecule has 0 aromatic heterocycles. The van der Waals surface area contributed by atoms with Crippen molar-refractivity contribution in [2.24, 2.45) is 10.8 Å².